The molecule has 0 unspecified atom stereocenters. The van der Waals surface area contributed by atoms with E-state index in [1.54, 1.807) is 4.90 Å². The molecule has 1 fully saturated rings. The third-order valence-electron chi connectivity index (χ3n) is 2.77. The quantitative estimate of drug-likeness (QED) is 0.839. The first-order chi connectivity index (χ1) is 8.75. The first kappa shape index (κ1) is 12.4. The topological polar surface area (TPSA) is 58.6 Å². The maximum absolute atomic E-state index is 11.7. The van der Waals surface area contributed by atoms with E-state index >= 15 is 0 Å². The number of carbonyl (C=O) groups excluding carboxylic acids is 2. The van der Waals surface area contributed by atoms with Crippen LogP contribution in [-0.4, -0.2) is 43.0 Å². The molecular formula is C13H16N2O3. The molecule has 1 N–H and O–H groups in total. The predicted molar refractivity (Wildman–Crippen MR) is 66.1 cm³/mol. The minimum atomic E-state index is -0.0742. The minimum Gasteiger partial charge on any atom is -0.492 e. The zero-order chi connectivity index (χ0) is 12.8. The lowest BCUT2D eigenvalue weighted by Gasteiger charge is -2.19. The van der Waals surface area contributed by atoms with Crippen LogP contribution in [0.3, 0.4) is 0 Å². The molecular weight excluding hydrogens is 232 g/mol. The largest absolute Gasteiger partial charge is 0.492 e. The van der Waals surface area contributed by atoms with Crippen molar-refractivity contribution in [3.8, 4) is 5.75 Å². The van der Waals surface area contributed by atoms with Gasteiger partial charge in [-0.05, 0) is 12.1 Å². The molecule has 1 aromatic rings. The Bertz CT molecular complexity index is 420. The molecule has 0 saturated carbocycles. The number of nitrogens with zero attached hydrogens (tertiary/aromatic N) is 1. The van der Waals surface area contributed by atoms with Crippen LogP contribution < -0.4 is 10.1 Å². The third kappa shape index (κ3) is 3.48. The third-order valence-corrected chi connectivity index (χ3v) is 2.77. The van der Waals surface area contributed by atoms with E-state index in [2.05, 4.69) is 5.32 Å². The van der Waals surface area contributed by atoms with Gasteiger partial charge in [-0.25, -0.2) is 0 Å². The highest BCUT2D eigenvalue weighted by molar-refractivity contribution is 5.87. The summed E-state index contributed by atoms with van der Waals surface area (Å²) >= 11 is 0. The smallest absolute Gasteiger partial charge is 0.242 e. The molecule has 1 heterocycles. The van der Waals surface area contributed by atoms with E-state index in [4.69, 9.17) is 4.74 Å². The van der Waals surface area contributed by atoms with Crippen LogP contribution in [0.1, 0.15) is 6.42 Å². The maximum Gasteiger partial charge on any atom is 0.242 e. The number of carbonyl (C=O) groups is 2. The number of hydrogen-bond donors (Lipinski definition) is 1. The van der Waals surface area contributed by atoms with Gasteiger partial charge in [0.15, 0.2) is 0 Å². The van der Waals surface area contributed by atoms with Gasteiger partial charge in [-0.2, -0.15) is 0 Å². The molecule has 1 saturated heterocycles. The van der Waals surface area contributed by atoms with Crippen molar-refractivity contribution in [3.63, 3.8) is 0 Å². The SMILES string of the molecule is O=C1CCN(CCOc2ccccc2)C(=O)CN1. The van der Waals surface area contributed by atoms with Crippen LogP contribution >= 0.6 is 0 Å². The molecule has 5 heteroatoms. The van der Waals surface area contributed by atoms with Crippen LogP contribution in [-0.2, 0) is 9.59 Å². The van der Waals surface area contributed by atoms with E-state index in [9.17, 15) is 9.59 Å². The summed E-state index contributed by atoms with van der Waals surface area (Å²) in [5.74, 6) is 0.654. The summed E-state index contributed by atoms with van der Waals surface area (Å²) in [7, 11) is 0. The number of rotatable bonds is 4. The van der Waals surface area contributed by atoms with Gasteiger partial charge in [-0.15, -0.1) is 0 Å². The van der Waals surface area contributed by atoms with E-state index in [1.165, 1.54) is 0 Å². The van der Waals surface area contributed by atoms with Crippen molar-refractivity contribution in [2.24, 2.45) is 0 Å². The summed E-state index contributed by atoms with van der Waals surface area (Å²) in [6.07, 6.45) is 0.358. The van der Waals surface area contributed by atoms with Gasteiger partial charge < -0.3 is 15.0 Å². The van der Waals surface area contributed by atoms with Crippen molar-refractivity contribution in [2.45, 2.75) is 6.42 Å². The average molecular weight is 248 g/mol. The summed E-state index contributed by atoms with van der Waals surface area (Å²) < 4.78 is 5.53. The minimum absolute atomic E-state index is 0.0579. The summed E-state index contributed by atoms with van der Waals surface area (Å²) in [6.45, 7) is 1.49. The molecule has 0 spiro atoms. The van der Waals surface area contributed by atoms with Crippen LogP contribution in [0, 0.1) is 0 Å². The van der Waals surface area contributed by atoms with E-state index in [-0.39, 0.29) is 18.4 Å². The van der Waals surface area contributed by atoms with Crippen molar-refractivity contribution in [2.75, 3.05) is 26.2 Å². The fourth-order valence-corrected chi connectivity index (χ4v) is 1.76. The van der Waals surface area contributed by atoms with Crippen molar-refractivity contribution in [3.05, 3.63) is 30.3 Å². The van der Waals surface area contributed by atoms with Crippen molar-refractivity contribution in [1.29, 1.82) is 0 Å². The molecule has 0 atom stereocenters. The number of ether oxygens (including phenoxy) is 1. The molecule has 2 amide bonds. The lowest BCUT2D eigenvalue weighted by Crippen LogP contribution is -2.37. The zero-order valence-corrected chi connectivity index (χ0v) is 10.1. The average Bonchev–Trinajstić information content (AvgIpc) is 2.55. The number of nitrogens with one attached hydrogen (secondary N) is 1. The first-order valence-electron chi connectivity index (χ1n) is 5.98. The molecule has 5 nitrogen and oxygen atoms in total. The fraction of sp³-hybridized carbons (Fsp3) is 0.385. The van der Waals surface area contributed by atoms with Crippen LogP contribution in [0.4, 0.5) is 0 Å². The molecule has 0 radical (unpaired) electrons. The zero-order valence-electron chi connectivity index (χ0n) is 10.1. The molecule has 2 rings (SSSR count). The second-order valence-corrected chi connectivity index (χ2v) is 4.07. The highest BCUT2D eigenvalue weighted by Crippen LogP contribution is 2.08. The predicted octanol–water partition coefficient (Wildman–Crippen LogP) is 0.414. The Morgan fingerprint density at radius 2 is 2.00 bits per heavy atom. The van der Waals surface area contributed by atoms with Gasteiger partial charge in [-0.1, -0.05) is 18.2 Å². The van der Waals surface area contributed by atoms with Gasteiger partial charge in [0.2, 0.25) is 11.8 Å². The van der Waals surface area contributed by atoms with Crippen LogP contribution in [0.15, 0.2) is 30.3 Å². The Labute approximate surface area is 106 Å². The Morgan fingerprint density at radius 3 is 2.78 bits per heavy atom. The highest BCUT2D eigenvalue weighted by Gasteiger charge is 2.19. The van der Waals surface area contributed by atoms with Crippen LogP contribution in [0.5, 0.6) is 5.75 Å². The Morgan fingerprint density at radius 1 is 1.22 bits per heavy atom. The van der Waals surface area contributed by atoms with E-state index in [0.717, 1.165) is 5.75 Å². The monoisotopic (exact) mass is 248 g/mol. The molecule has 1 aliphatic heterocycles. The fourth-order valence-electron chi connectivity index (χ4n) is 1.76. The van der Waals surface area contributed by atoms with E-state index < -0.39 is 0 Å². The molecule has 1 aliphatic rings. The Hall–Kier alpha value is -2.04. The summed E-state index contributed by atoms with van der Waals surface area (Å²) in [4.78, 5) is 24.5. The van der Waals surface area contributed by atoms with Gasteiger partial charge in [0, 0.05) is 13.0 Å². The van der Waals surface area contributed by atoms with Crippen molar-refractivity contribution < 1.29 is 14.3 Å². The van der Waals surface area contributed by atoms with Gasteiger partial charge in [0.1, 0.15) is 12.4 Å². The number of para-hydroxylation sites is 1. The standard InChI is InChI=1S/C13H16N2O3/c16-12-6-7-15(13(17)10-14-12)8-9-18-11-4-2-1-3-5-11/h1-5H,6-10H2,(H,14,16). The first-order valence-corrected chi connectivity index (χ1v) is 5.98. The Kier molecular flexibility index (Phi) is 4.17. The lowest BCUT2D eigenvalue weighted by molar-refractivity contribution is -0.130. The number of amides is 2. The van der Waals surface area contributed by atoms with Crippen LogP contribution in [0.2, 0.25) is 0 Å². The van der Waals surface area contributed by atoms with E-state index in [1.807, 2.05) is 30.3 Å². The van der Waals surface area contributed by atoms with Gasteiger partial charge in [0.25, 0.3) is 0 Å². The molecule has 0 aromatic heterocycles. The lowest BCUT2D eigenvalue weighted by atomic mass is 10.3. The summed E-state index contributed by atoms with van der Waals surface area (Å²) in [5.41, 5.74) is 0. The van der Waals surface area contributed by atoms with E-state index in [0.29, 0.717) is 26.1 Å². The van der Waals surface area contributed by atoms with Gasteiger partial charge in [-0.3, -0.25) is 9.59 Å². The number of benzene rings is 1. The van der Waals surface area contributed by atoms with Gasteiger partial charge in [0.05, 0.1) is 13.1 Å². The molecule has 0 aliphatic carbocycles. The second kappa shape index (κ2) is 6.05. The van der Waals surface area contributed by atoms with Gasteiger partial charge >= 0.3 is 0 Å². The molecule has 1 aromatic carbocycles. The molecule has 0 bridgehead atoms. The maximum atomic E-state index is 11.7. The molecule has 18 heavy (non-hydrogen) atoms. The van der Waals surface area contributed by atoms with Crippen molar-refractivity contribution >= 4 is 11.8 Å². The highest BCUT2D eigenvalue weighted by atomic mass is 16.5. The normalized spacial score (nSPS) is 16.1. The summed E-state index contributed by atoms with van der Waals surface area (Å²) in [6, 6.07) is 9.46. The number of hydrogen-bond acceptors (Lipinski definition) is 3. The van der Waals surface area contributed by atoms with Crippen LogP contribution in [0.25, 0.3) is 0 Å². The molecule has 96 valence electrons. The van der Waals surface area contributed by atoms with Crippen molar-refractivity contribution in [1.82, 2.24) is 10.2 Å². The Balaban J connectivity index is 1.79. The summed E-state index contributed by atoms with van der Waals surface area (Å²) in [5, 5.41) is 2.56. The second-order valence-electron chi connectivity index (χ2n) is 4.07.